The minimum atomic E-state index is -1.26. The molecule has 1 rings (SSSR count). The number of nitrogens with zero attached hydrogens (tertiary/aromatic N) is 1. The van der Waals surface area contributed by atoms with Crippen molar-refractivity contribution in [3.05, 3.63) is 32.3 Å². The van der Waals surface area contributed by atoms with Gasteiger partial charge in [0.2, 0.25) is 0 Å². The van der Waals surface area contributed by atoms with Crippen molar-refractivity contribution in [3.63, 3.8) is 0 Å². The number of hydrogen-bond acceptors (Lipinski definition) is 3. The molecule has 0 aliphatic heterocycles. The van der Waals surface area contributed by atoms with Crippen LogP contribution in [0.25, 0.3) is 0 Å². The van der Waals surface area contributed by atoms with Crippen molar-refractivity contribution >= 4 is 28.6 Å². The number of halogens is 1. The number of carbonyl (C=O) groups is 1. The van der Waals surface area contributed by atoms with Crippen LogP contribution in [0.5, 0.6) is 0 Å². The molecule has 4 nitrogen and oxygen atoms in total. The van der Waals surface area contributed by atoms with Gasteiger partial charge in [-0.15, -0.1) is 0 Å². The number of hydrogen-bond donors (Lipinski definition) is 0. The summed E-state index contributed by atoms with van der Waals surface area (Å²) in [5.74, 6) is -1.26. The van der Waals surface area contributed by atoms with E-state index < -0.39 is 12.5 Å². The summed E-state index contributed by atoms with van der Waals surface area (Å²) in [6, 6.07) is 2.94. The van der Waals surface area contributed by atoms with E-state index in [0.29, 0.717) is 0 Å². The van der Waals surface area contributed by atoms with E-state index in [-0.39, 0.29) is 35.1 Å². The molecule has 0 saturated carbocycles. The van der Waals surface area contributed by atoms with Gasteiger partial charge in [0.15, 0.2) is 0 Å². The minimum Gasteiger partial charge on any atom is -0.548 e. The number of aromatic nitrogens is 1. The Balaban J connectivity index is 0.00000144. The normalized spacial score (nSPS) is 9.00. The van der Waals surface area contributed by atoms with Gasteiger partial charge in [-0.3, -0.25) is 4.79 Å². The zero-order chi connectivity index (χ0) is 9.14. The number of carboxylic acids is 1. The fourth-order valence-electron chi connectivity index (χ4n) is 0.765. The van der Waals surface area contributed by atoms with Crippen molar-refractivity contribution in [2.45, 2.75) is 6.54 Å². The zero-order valence-electron chi connectivity index (χ0n) is 6.99. The van der Waals surface area contributed by atoms with Gasteiger partial charge in [-0.1, -0.05) is 0 Å². The molecule has 0 aliphatic rings. The first-order valence-corrected chi connectivity index (χ1v) is 4.23. The molecule has 1 aromatic rings. The molecule has 0 aromatic carbocycles. The molecule has 0 radical (unpaired) electrons. The summed E-state index contributed by atoms with van der Waals surface area (Å²) >= 11 is 2.00. The van der Waals surface area contributed by atoms with Crippen molar-refractivity contribution < 1.29 is 39.5 Å². The van der Waals surface area contributed by atoms with Crippen LogP contribution in [0.3, 0.4) is 0 Å². The van der Waals surface area contributed by atoms with Gasteiger partial charge in [0, 0.05) is 15.8 Å². The van der Waals surface area contributed by atoms with Crippen LogP contribution >= 0.6 is 22.6 Å². The molecule has 64 valence electrons. The molecular formula is C7H5INNaO3. The SMILES string of the molecule is O=C([O-])Cn1cc(I)ccc1=O.[Na+]. The molecule has 13 heavy (non-hydrogen) atoms. The zero-order valence-corrected chi connectivity index (χ0v) is 11.1. The fraction of sp³-hybridized carbons (Fsp3) is 0.143. The number of carboxylic acid groups (broad SMARTS) is 1. The first-order chi connectivity index (χ1) is 5.59. The van der Waals surface area contributed by atoms with Gasteiger partial charge in [0.1, 0.15) is 0 Å². The van der Waals surface area contributed by atoms with Crippen LogP contribution in [-0.4, -0.2) is 10.5 Å². The third kappa shape index (κ3) is 4.26. The van der Waals surface area contributed by atoms with Gasteiger partial charge in [-0.2, -0.15) is 0 Å². The molecule has 1 heterocycles. The van der Waals surface area contributed by atoms with Crippen molar-refractivity contribution in [1.82, 2.24) is 4.57 Å². The second-order valence-electron chi connectivity index (χ2n) is 2.19. The van der Waals surface area contributed by atoms with Gasteiger partial charge in [0.05, 0.1) is 12.5 Å². The predicted molar refractivity (Wildman–Crippen MR) is 48.4 cm³/mol. The summed E-state index contributed by atoms with van der Waals surface area (Å²) in [7, 11) is 0. The van der Waals surface area contributed by atoms with E-state index in [1.807, 2.05) is 22.6 Å². The minimum absolute atomic E-state index is 0. The third-order valence-corrected chi connectivity index (χ3v) is 1.88. The Bertz CT molecular complexity index is 363. The summed E-state index contributed by atoms with van der Waals surface area (Å²) in [5.41, 5.74) is -0.334. The van der Waals surface area contributed by atoms with Crippen LogP contribution in [0.15, 0.2) is 23.1 Å². The average molecular weight is 301 g/mol. The number of pyridine rings is 1. The van der Waals surface area contributed by atoms with Gasteiger partial charge in [-0.25, -0.2) is 0 Å². The van der Waals surface area contributed by atoms with Crippen molar-refractivity contribution in [2.24, 2.45) is 0 Å². The van der Waals surface area contributed by atoms with E-state index >= 15 is 0 Å². The third-order valence-electron chi connectivity index (χ3n) is 1.25. The van der Waals surface area contributed by atoms with E-state index in [9.17, 15) is 14.7 Å². The maximum absolute atomic E-state index is 11.0. The van der Waals surface area contributed by atoms with Crippen LogP contribution in [0.4, 0.5) is 0 Å². The van der Waals surface area contributed by atoms with Gasteiger partial charge in [-0.05, 0) is 28.7 Å². The summed E-state index contributed by atoms with van der Waals surface area (Å²) in [4.78, 5) is 21.1. The Morgan fingerprint density at radius 1 is 1.54 bits per heavy atom. The van der Waals surface area contributed by atoms with E-state index in [2.05, 4.69) is 0 Å². The maximum Gasteiger partial charge on any atom is 1.00 e. The molecule has 0 unspecified atom stereocenters. The molecule has 0 N–H and O–H groups in total. The topological polar surface area (TPSA) is 62.1 Å². The smallest absolute Gasteiger partial charge is 0.548 e. The van der Waals surface area contributed by atoms with Crippen molar-refractivity contribution in [1.29, 1.82) is 0 Å². The van der Waals surface area contributed by atoms with Crippen LogP contribution < -0.4 is 40.2 Å². The van der Waals surface area contributed by atoms with Gasteiger partial charge >= 0.3 is 29.6 Å². The van der Waals surface area contributed by atoms with Crippen molar-refractivity contribution in [2.75, 3.05) is 0 Å². The molecule has 1 aromatic heterocycles. The molecule has 0 spiro atoms. The molecule has 6 heteroatoms. The Morgan fingerprint density at radius 3 is 2.69 bits per heavy atom. The standard InChI is InChI=1S/C7H6INO3.Na/c8-5-1-2-6(10)9(3-5)4-7(11)12;/h1-3H,4H2,(H,11,12);/q;+1/p-1. The summed E-state index contributed by atoms with van der Waals surface area (Å²) in [6.07, 6.45) is 1.47. The second kappa shape index (κ2) is 5.79. The summed E-state index contributed by atoms with van der Waals surface area (Å²) in [5, 5.41) is 10.2. The Hall–Kier alpha value is 0.150. The van der Waals surface area contributed by atoms with Crippen molar-refractivity contribution in [3.8, 4) is 0 Å². The average Bonchev–Trinajstić information content (AvgIpc) is 1.96. The molecule has 0 amide bonds. The van der Waals surface area contributed by atoms with Gasteiger partial charge < -0.3 is 14.5 Å². The van der Waals surface area contributed by atoms with E-state index in [0.717, 1.165) is 8.14 Å². The van der Waals surface area contributed by atoms with Crippen LogP contribution in [0, 0.1) is 3.57 Å². The number of rotatable bonds is 2. The Kier molecular flexibility index (Phi) is 5.86. The summed E-state index contributed by atoms with van der Waals surface area (Å²) in [6.45, 7) is -0.393. The van der Waals surface area contributed by atoms with Crippen LogP contribution in [0.1, 0.15) is 0 Å². The van der Waals surface area contributed by atoms with E-state index in [1.165, 1.54) is 12.3 Å². The molecule has 0 saturated heterocycles. The van der Waals surface area contributed by atoms with Crippen LogP contribution in [0.2, 0.25) is 0 Å². The largest absolute Gasteiger partial charge is 1.00 e. The van der Waals surface area contributed by atoms with E-state index in [1.54, 1.807) is 6.07 Å². The molecule has 0 aliphatic carbocycles. The fourth-order valence-corrected chi connectivity index (χ4v) is 1.28. The Labute approximate surface area is 110 Å². The second-order valence-corrected chi connectivity index (χ2v) is 3.43. The molecule has 0 fully saturated rings. The number of carbonyl (C=O) groups excluding carboxylic acids is 1. The number of aliphatic carboxylic acids is 1. The predicted octanol–water partition coefficient (Wildman–Crippen LogP) is -3.79. The van der Waals surface area contributed by atoms with Crippen LogP contribution in [-0.2, 0) is 11.3 Å². The molecule has 0 atom stereocenters. The maximum atomic E-state index is 11.0. The first-order valence-electron chi connectivity index (χ1n) is 3.15. The van der Waals surface area contributed by atoms with E-state index in [4.69, 9.17) is 0 Å². The molecule has 0 bridgehead atoms. The summed E-state index contributed by atoms with van der Waals surface area (Å²) < 4.78 is 1.91. The molecular weight excluding hydrogens is 296 g/mol. The quantitative estimate of drug-likeness (QED) is 0.416. The first kappa shape index (κ1) is 13.2. The Morgan fingerprint density at radius 2 is 2.15 bits per heavy atom. The monoisotopic (exact) mass is 301 g/mol. The van der Waals surface area contributed by atoms with Gasteiger partial charge in [0.25, 0.3) is 5.56 Å².